The normalized spacial score (nSPS) is 10.7. The van der Waals surface area contributed by atoms with Crippen LogP contribution >= 0.6 is 0 Å². The van der Waals surface area contributed by atoms with Gasteiger partial charge in [-0.25, -0.2) is 9.07 Å². The molecule has 0 aliphatic heterocycles. The van der Waals surface area contributed by atoms with Crippen LogP contribution in [0, 0.1) is 19.7 Å². The molecule has 136 valence electrons. The third-order valence-corrected chi connectivity index (χ3v) is 3.84. The molecule has 7 heteroatoms. The van der Waals surface area contributed by atoms with E-state index in [2.05, 4.69) is 20.6 Å². The van der Waals surface area contributed by atoms with Crippen LogP contribution in [-0.2, 0) is 0 Å². The molecular weight excluding hydrogens is 333 g/mol. The number of nitrogens with zero attached hydrogens (tertiary/aromatic N) is 4. The van der Waals surface area contributed by atoms with E-state index < -0.39 is 0 Å². The first kappa shape index (κ1) is 17.8. The lowest BCUT2D eigenvalue weighted by molar-refractivity contribution is 0.308. The molecule has 0 aliphatic carbocycles. The molecule has 0 spiro atoms. The number of hydrogen-bond donors (Lipinski definition) is 1. The number of aryl methyl sites for hydroxylation is 2. The largest absolute Gasteiger partial charge is 0.494 e. The van der Waals surface area contributed by atoms with E-state index in [-0.39, 0.29) is 5.82 Å². The summed E-state index contributed by atoms with van der Waals surface area (Å²) in [6, 6.07) is 11.8. The van der Waals surface area contributed by atoms with E-state index in [1.165, 1.54) is 12.1 Å². The first-order valence-electron chi connectivity index (χ1n) is 8.61. The maximum absolute atomic E-state index is 12.8. The molecule has 2 aromatic heterocycles. The van der Waals surface area contributed by atoms with Crippen LogP contribution in [0.2, 0.25) is 0 Å². The Bertz CT molecular complexity index is 830. The van der Waals surface area contributed by atoms with Gasteiger partial charge in [0.1, 0.15) is 17.4 Å². The number of rotatable bonds is 8. The fourth-order valence-corrected chi connectivity index (χ4v) is 2.56. The SMILES string of the molecule is Cc1cc(C)n(-c2ccc(NCCCCOc3ccc(F)cc3)nn2)n1. The van der Waals surface area contributed by atoms with Crippen molar-refractivity contribution in [2.75, 3.05) is 18.5 Å². The van der Waals surface area contributed by atoms with Gasteiger partial charge in [0.2, 0.25) is 0 Å². The van der Waals surface area contributed by atoms with Gasteiger partial charge >= 0.3 is 0 Å². The number of aromatic nitrogens is 4. The second-order valence-corrected chi connectivity index (χ2v) is 6.05. The molecule has 0 fully saturated rings. The predicted molar refractivity (Wildman–Crippen MR) is 98.2 cm³/mol. The summed E-state index contributed by atoms with van der Waals surface area (Å²) in [6.07, 6.45) is 1.82. The number of halogens is 1. The first-order chi connectivity index (χ1) is 12.6. The zero-order chi connectivity index (χ0) is 18.4. The summed E-state index contributed by atoms with van der Waals surface area (Å²) < 4.78 is 20.1. The Hall–Kier alpha value is -2.96. The lowest BCUT2D eigenvalue weighted by Crippen LogP contribution is -2.08. The molecule has 0 saturated heterocycles. The quantitative estimate of drug-likeness (QED) is 0.624. The average molecular weight is 355 g/mol. The molecule has 2 heterocycles. The number of anilines is 1. The van der Waals surface area contributed by atoms with Crippen LogP contribution in [-0.4, -0.2) is 33.1 Å². The molecule has 0 bridgehead atoms. The zero-order valence-electron chi connectivity index (χ0n) is 14.9. The van der Waals surface area contributed by atoms with Crippen molar-refractivity contribution in [3.8, 4) is 11.6 Å². The summed E-state index contributed by atoms with van der Waals surface area (Å²) in [4.78, 5) is 0. The molecule has 1 aromatic carbocycles. The highest BCUT2D eigenvalue weighted by atomic mass is 19.1. The number of benzene rings is 1. The van der Waals surface area contributed by atoms with Gasteiger partial charge in [0, 0.05) is 12.2 Å². The van der Waals surface area contributed by atoms with Gasteiger partial charge in [-0.3, -0.25) is 0 Å². The summed E-state index contributed by atoms with van der Waals surface area (Å²) in [5, 5.41) is 16.0. The minimum atomic E-state index is -0.258. The van der Waals surface area contributed by atoms with Gasteiger partial charge in [-0.2, -0.15) is 5.10 Å². The second kappa shape index (κ2) is 8.42. The Morgan fingerprint density at radius 2 is 1.85 bits per heavy atom. The summed E-state index contributed by atoms with van der Waals surface area (Å²) in [5.41, 5.74) is 1.98. The van der Waals surface area contributed by atoms with Crippen LogP contribution in [0.1, 0.15) is 24.2 Å². The van der Waals surface area contributed by atoms with Crippen molar-refractivity contribution in [1.82, 2.24) is 20.0 Å². The van der Waals surface area contributed by atoms with Gasteiger partial charge < -0.3 is 10.1 Å². The number of ether oxygens (including phenoxy) is 1. The van der Waals surface area contributed by atoms with E-state index in [9.17, 15) is 4.39 Å². The molecule has 6 nitrogen and oxygen atoms in total. The fourth-order valence-electron chi connectivity index (χ4n) is 2.56. The van der Waals surface area contributed by atoms with E-state index in [0.29, 0.717) is 18.2 Å². The van der Waals surface area contributed by atoms with Crippen molar-refractivity contribution in [3.63, 3.8) is 0 Å². The van der Waals surface area contributed by atoms with Crippen molar-refractivity contribution >= 4 is 5.82 Å². The molecule has 0 amide bonds. The van der Waals surface area contributed by atoms with E-state index in [0.717, 1.165) is 36.6 Å². The lowest BCUT2D eigenvalue weighted by Gasteiger charge is -2.08. The van der Waals surface area contributed by atoms with E-state index in [4.69, 9.17) is 4.74 Å². The zero-order valence-corrected chi connectivity index (χ0v) is 14.9. The van der Waals surface area contributed by atoms with Gasteiger partial charge in [0.15, 0.2) is 5.82 Å². The second-order valence-electron chi connectivity index (χ2n) is 6.05. The van der Waals surface area contributed by atoms with Crippen molar-refractivity contribution in [2.24, 2.45) is 0 Å². The topological polar surface area (TPSA) is 64.9 Å². The van der Waals surface area contributed by atoms with E-state index in [1.54, 1.807) is 16.8 Å². The maximum atomic E-state index is 12.8. The molecule has 0 unspecified atom stereocenters. The van der Waals surface area contributed by atoms with Crippen molar-refractivity contribution in [3.05, 3.63) is 59.7 Å². The highest BCUT2D eigenvalue weighted by Crippen LogP contribution is 2.12. The molecular formula is C19H22FN5O. The lowest BCUT2D eigenvalue weighted by atomic mass is 10.3. The van der Waals surface area contributed by atoms with Gasteiger partial charge in [-0.15, -0.1) is 10.2 Å². The molecule has 0 aliphatic rings. The first-order valence-corrected chi connectivity index (χ1v) is 8.61. The standard InChI is InChI=1S/C19H22FN5O/c1-14-13-15(2)25(24-14)19-10-9-18(22-23-19)21-11-3-4-12-26-17-7-5-16(20)6-8-17/h5-10,13H,3-4,11-12H2,1-2H3,(H,21,22). The predicted octanol–water partition coefficient (Wildman–Crippen LogP) is 3.69. The van der Waals surface area contributed by atoms with Crippen LogP contribution in [0.25, 0.3) is 5.82 Å². The minimum absolute atomic E-state index is 0.258. The molecule has 26 heavy (non-hydrogen) atoms. The summed E-state index contributed by atoms with van der Waals surface area (Å²) in [5.74, 6) is 1.86. The van der Waals surface area contributed by atoms with Crippen LogP contribution in [0.15, 0.2) is 42.5 Å². The summed E-state index contributed by atoms with van der Waals surface area (Å²) in [7, 11) is 0. The fraction of sp³-hybridized carbons (Fsp3) is 0.316. The maximum Gasteiger partial charge on any atom is 0.176 e. The third kappa shape index (κ3) is 4.78. The van der Waals surface area contributed by atoms with Gasteiger partial charge in [0.05, 0.1) is 12.3 Å². The Balaban J connectivity index is 1.38. The average Bonchev–Trinajstić information content (AvgIpc) is 2.98. The highest BCUT2D eigenvalue weighted by molar-refractivity contribution is 5.36. The van der Waals surface area contributed by atoms with Crippen LogP contribution < -0.4 is 10.1 Å². The van der Waals surface area contributed by atoms with Gasteiger partial charge in [0.25, 0.3) is 0 Å². The van der Waals surface area contributed by atoms with Crippen LogP contribution in [0.5, 0.6) is 5.75 Å². The smallest absolute Gasteiger partial charge is 0.176 e. The van der Waals surface area contributed by atoms with Crippen molar-refractivity contribution < 1.29 is 9.13 Å². The molecule has 3 aromatic rings. The van der Waals surface area contributed by atoms with Crippen molar-refractivity contribution in [2.45, 2.75) is 26.7 Å². The molecule has 1 N–H and O–H groups in total. The van der Waals surface area contributed by atoms with E-state index >= 15 is 0 Å². The number of nitrogens with one attached hydrogen (secondary N) is 1. The van der Waals surface area contributed by atoms with Crippen molar-refractivity contribution in [1.29, 1.82) is 0 Å². The Labute approximate surface area is 152 Å². The van der Waals surface area contributed by atoms with Gasteiger partial charge in [-0.05, 0) is 69.2 Å². The molecule has 0 saturated carbocycles. The summed E-state index contributed by atoms with van der Waals surface area (Å²) in [6.45, 7) is 5.31. The molecule has 0 atom stereocenters. The van der Waals surface area contributed by atoms with Gasteiger partial charge in [-0.1, -0.05) is 0 Å². The Kier molecular flexibility index (Phi) is 5.78. The monoisotopic (exact) mass is 355 g/mol. The number of hydrogen-bond acceptors (Lipinski definition) is 5. The minimum Gasteiger partial charge on any atom is -0.494 e. The Morgan fingerprint density at radius 1 is 1.04 bits per heavy atom. The molecule has 0 radical (unpaired) electrons. The summed E-state index contributed by atoms with van der Waals surface area (Å²) >= 11 is 0. The van der Waals surface area contributed by atoms with E-state index in [1.807, 2.05) is 32.0 Å². The van der Waals surface area contributed by atoms with Crippen LogP contribution in [0.4, 0.5) is 10.2 Å². The third-order valence-electron chi connectivity index (χ3n) is 3.84. The van der Waals surface area contributed by atoms with Crippen LogP contribution in [0.3, 0.4) is 0 Å². The molecule has 3 rings (SSSR count). The Morgan fingerprint density at radius 3 is 2.50 bits per heavy atom. The number of unbranched alkanes of at least 4 members (excludes halogenated alkanes) is 1. The highest BCUT2D eigenvalue weighted by Gasteiger charge is 2.05.